The van der Waals surface area contributed by atoms with Gasteiger partial charge in [0.25, 0.3) is 5.91 Å². The number of hydrogen-bond donors (Lipinski definition) is 2. The van der Waals surface area contributed by atoms with E-state index in [1.165, 1.54) is 0 Å². The Bertz CT molecular complexity index is 1260. The number of carbonyl (C=O) groups is 1. The van der Waals surface area contributed by atoms with Crippen LogP contribution in [0.5, 0.6) is 0 Å². The number of rotatable bonds is 3. The quantitative estimate of drug-likeness (QED) is 0.487. The van der Waals surface area contributed by atoms with Gasteiger partial charge in [-0.1, -0.05) is 17.7 Å². The number of fused-ring (bicyclic) bond motifs is 2. The van der Waals surface area contributed by atoms with Crippen LogP contribution in [0.2, 0.25) is 5.15 Å². The normalized spacial score (nSPS) is 17.3. The van der Waals surface area contributed by atoms with Crippen molar-refractivity contribution in [1.82, 2.24) is 29.5 Å². The summed E-state index contributed by atoms with van der Waals surface area (Å²) in [6.45, 7) is 3.68. The average Bonchev–Trinajstić information content (AvgIpc) is 3.44. The number of aromatic nitrogens is 5. The monoisotopic (exact) mass is 426 g/mol. The van der Waals surface area contributed by atoms with E-state index < -0.39 is 12.1 Å². The highest BCUT2D eigenvalue weighted by Crippen LogP contribution is 2.35. The molecule has 0 saturated carbocycles. The third kappa shape index (κ3) is 2.89. The van der Waals surface area contributed by atoms with Crippen molar-refractivity contribution in [1.29, 1.82) is 0 Å². The van der Waals surface area contributed by atoms with Gasteiger partial charge in [0.1, 0.15) is 17.3 Å². The Morgan fingerprint density at radius 2 is 2.27 bits per heavy atom. The summed E-state index contributed by atoms with van der Waals surface area (Å²) in [6.07, 6.45) is 1.35. The predicted molar refractivity (Wildman–Crippen MR) is 107 cm³/mol. The average molecular weight is 427 g/mol. The molecule has 9 nitrogen and oxygen atoms in total. The highest BCUT2D eigenvalue weighted by molar-refractivity contribution is 6.29. The molecule has 4 aromatic heterocycles. The largest absolute Gasteiger partial charge is 0.432 e. The molecule has 5 rings (SSSR count). The summed E-state index contributed by atoms with van der Waals surface area (Å²) in [6, 6.07) is 6.89. The van der Waals surface area contributed by atoms with Gasteiger partial charge < -0.3 is 19.4 Å². The van der Waals surface area contributed by atoms with Crippen LogP contribution in [0.25, 0.3) is 5.52 Å². The van der Waals surface area contributed by atoms with Crippen molar-refractivity contribution in [2.45, 2.75) is 32.4 Å². The van der Waals surface area contributed by atoms with Crippen molar-refractivity contribution in [3.05, 3.63) is 70.2 Å². The first-order valence-electron chi connectivity index (χ1n) is 9.56. The number of aliphatic hydroxyl groups is 1. The predicted octanol–water partition coefficient (Wildman–Crippen LogP) is 2.85. The zero-order chi connectivity index (χ0) is 21.0. The summed E-state index contributed by atoms with van der Waals surface area (Å²) in [4.78, 5) is 27.0. The number of hydrogen-bond acceptors (Lipinski definition) is 6. The number of amides is 1. The number of nitrogens with zero attached hydrogens (tertiary/aromatic N) is 5. The fourth-order valence-corrected chi connectivity index (χ4v) is 4.06. The number of carbonyl (C=O) groups excluding carboxylic acids is 1. The summed E-state index contributed by atoms with van der Waals surface area (Å²) >= 11 is 6.29. The molecule has 1 aliphatic heterocycles. The molecule has 0 radical (unpaired) electrons. The van der Waals surface area contributed by atoms with Gasteiger partial charge in [-0.15, -0.1) is 0 Å². The second-order valence-corrected chi connectivity index (χ2v) is 7.70. The molecule has 5 heterocycles. The van der Waals surface area contributed by atoms with Crippen LogP contribution in [-0.2, 0) is 6.42 Å². The summed E-state index contributed by atoms with van der Waals surface area (Å²) < 4.78 is 7.23. The highest BCUT2D eigenvalue weighted by atomic mass is 35.5. The first-order chi connectivity index (χ1) is 14.4. The molecule has 154 valence electrons. The molecule has 1 aliphatic rings. The SMILES string of the molecule is Cc1nc([C@H](C)O)oc1C(=O)N1CCc2[nH]cnc2[C@H]1c1cc2cccc(Cl)n2n1. The third-order valence-electron chi connectivity index (χ3n) is 5.29. The maximum Gasteiger partial charge on any atom is 0.292 e. The van der Waals surface area contributed by atoms with Crippen LogP contribution in [0, 0.1) is 6.92 Å². The van der Waals surface area contributed by atoms with Gasteiger partial charge in [-0.25, -0.2) is 14.5 Å². The van der Waals surface area contributed by atoms with E-state index in [0.29, 0.717) is 29.5 Å². The van der Waals surface area contributed by atoms with Crippen molar-refractivity contribution in [2.24, 2.45) is 0 Å². The molecule has 0 aliphatic carbocycles. The molecule has 0 spiro atoms. The fourth-order valence-electron chi connectivity index (χ4n) is 3.85. The molecule has 0 aromatic carbocycles. The Labute approximate surface area is 176 Å². The number of aliphatic hydroxyl groups excluding tert-OH is 1. The van der Waals surface area contributed by atoms with Gasteiger partial charge in [0.15, 0.2) is 0 Å². The molecule has 1 amide bonds. The van der Waals surface area contributed by atoms with Gasteiger partial charge in [-0.2, -0.15) is 5.10 Å². The lowest BCUT2D eigenvalue weighted by atomic mass is 9.99. The van der Waals surface area contributed by atoms with E-state index in [4.69, 9.17) is 16.0 Å². The summed E-state index contributed by atoms with van der Waals surface area (Å²) in [5.74, 6) is -0.102. The lowest BCUT2D eigenvalue weighted by Crippen LogP contribution is -2.41. The molecular formula is C20H19ClN6O3. The molecule has 0 saturated heterocycles. The topological polar surface area (TPSA) is 113 Å². The van der Waals surface area contributed by atoms with Gasteiger partial charge in [0.05, 0.1) is 28.9 Å². The summed E-state index contributed by atoms with van der Waals surface area (Å²) in [7, 11) is 0. The smallest absolute Gasteiger partial charge is 0.292 e. The molecule has 0 unspecified atom stereocenters. The second-order valence-electron chi connectivity index (χ2n) is 7.31. The van der Waals surface area contributed by atoms with Gasteiger partial charge in [0, 0.05) is 18.7 Å². The molecule has 2 atom stereocenters. The Hall–Kier alpha value is -3.17. The molecule has 10 heteroatoms. The molecule has 2 N–H and O–H groups in total. The van der Waals surface area contributed by atoms with E-state index in [1.807, 2.05) is 18.2 Å². The number of halogens is 1. The first kappa shape index (κ1) is 18.8. The number of aryl methyl sites for hydroxylation is 1. The van der Waals surface area contributed by atoms with Crippen LogP contribution in [0.3, 0.4) is 0 Å². The summed E-state index contributed by atoms with van der Waals surface area (Å²) in [5, 5.41) is 14.9. The third-order valence-corrected chi connectivity index (χ3v) is 5.58. The maximum absolute atomic E-state index is 13.5. The van der Waals surface area contributed by atoms with E-state index in [2.05, 4.69) is 20.1 Å². The minimum atomic E-state index is -0.902. The number of oxazole rings is 1. The Morgan fingerprint density at radius 1 is 1.43 bits per heavy atom. The Morgan fingerprint density at radius 3 is 3.00 bits per heavy atom. The molecule has 4 aromatic rings. The number of pyridine rings is 1. The number of H-pyrrole nitrogens is 1. The van der Waals surface area contributed by atoms with Gasteiger partial charge in [-0.05, 0) is 32.0 Å². The van der Waals surface area contributed by atoms with Crippen LogP contribution < -0.4 is 0 Å². The number of imidazole rings is 1. The summed E-state index contributed by atoms with van der Waals surface area (Å²) in [5.41, 5.74) is 3.60. The van der Waals surface area contributed by atoms with Crippen molar-refractivity contribution < 1.29 is 14.3 Å². The Balaban J connectivity index is 1.62. The fraction of sp³-hybridized carbons (Fsp3) is 0.300. The van der Waals surface area contributed by atoms with Crippen LogP contribution in [0.15, 0.2) is 35.0 Å². The van der Waals surface area contributed by atoms with E-state index >= 15 is 0 Å². The van der Waals surface area contributed by atoms with Crippen molar-refractivity contribution in [2.75, 3.05) is 6.54 Å². The van der Waals surface area contributed by atoms with Crippen LogP contribution in [-0.4, -0.2) is 47.0 Å². The minimum Gasteiger partial charge on any atom is -0.432 e. The van der Waals surface area contributed by atoms with Crippen LogP contribution in [0.4, 0.5) is 0 Å². The van der Waals surface area contributed by atoms with Crippen LogP contribution >= 0.6 is 11.6 Å². The molecule has 0 fully saturated rings. The zero-order valence-electron chi connectivity index (χ0n) is 16.3. The number of aromatic amines is 1. The molecule has 30 heavy (non-hydrogen) atoms. The molecule has 0 bridgehead atoms. The van der Waals surface area contributed by atoms with E-state index in [0.717, 1.165) is 16.9 Å². The lowest BCUT2D eigenvalue weighted by Gasteiger charge is -2.33. The van der Waals surface area contributed by atoms with Crippen molar-refractivity contribution in [3.63, 3.8) is 0 Å². The van der Waals surface area contributed by atoms with Crippen LogP contribution in [0.1, 0.15) is 58.3 Å². The zero-order valence-corrected chi connectivity index (χ0v) is 17.1. The minimum absolute atomic E-state index is 0.108. The second kappa shape index (κ2) is 6.96. The highest BCUT2D eigenvalue weighted by Gasteiger charge is 2.38. The van der Waals surface area contributed by atoms with E-state index in [-0.39, 0.29) is 17.6 Å². The first-order valence-corrected chi connectivity index (χ1v) is 9.94. The van der Waals surface area contributed by atoms with E-state index in [9.17, 15) is 9.90 Å². The lowest BCUT2D eigenvalue weighted by molar-refractivity contribution is 0.0644. The van der Waals surface area contributed by atoms with Gasteiger partial charge >= 0.3 is 0 Å². The van der Waals surface area contributed by atoms with Crippen molar-refractivity contribution in [3.8, 4) is 0 Å². The Kier molecular flexibility index (Phi) is 4.37. The van der Waals surface area contributed by atoms with E-state index in [1.54, 1.807) is 35.7 Å². The van der Waals surface area contributed by atoms with Crippen molar-refractivity contribution >= 4 is 23.0 Å². The molecular weight excluding hydrogens is 408 g/mol. The number of nitrogens with one attached hydrogen (secondary N) is 1. The maximum atomic E-state index is 13.5. The van der Waals surface area contributed by atoms with Gasteiger partial charge in [-0.3, -0.25) is 4.79 Å². The standard InChI is InChI=1S/C20H19ClN6O3/c1-10-18(30-19(24-10)11(2)28)20(29)26-7-6-13-16(23-9-22-13)17(26)14-8-12-4-3-5-15(21)27(12)25-14/h3-5,8-9,11,17,28H,6-7H2,1-2H3,(H,22,23)/t11-,17+/m0/s1. The van der Waals surface area contributed by atoms with Gasteiger partial charge in [0.2, 0.25) is 11.7 Å².